The molecule has 0 bridgehead atoms. The molecular formula is C33H53F. The van der Waals surface area contributed by atoms with E-state index in [4.69, 9.17) is 0 Å². The van der Waals surface area contributed by atoms with Gasteiger partial charge in [0.25, 0.3) is 0 Å². The molecule has 0 nitrogen and oxygen atoms in total. The number of hydrogen-bond donors (Lipinski definition) is 0. The van der Waals surface area contributed by atoms with Crippen LogP contribution >= 0.6 is 0 Å². The van der Waals surface area contributed by atoms with E-state index in [9.17, 15) is 4.39 Å². The van der Waals surface area contributed by atoms with Crippen LogP contribution in [0.1, 0.15) is 119 Å². The van der Waals surface area contributed by atoms with Crippen LogP contribution in [0.2, 0.25) is 0 Å². The number of halogens is 1. The van der Waals surface area contributed by atoms with Crippen LogP contribution in [-0.4, -0.2) is 0 Å². The van der Waals surface area contributed by atoms with E-state index in [1.54, 1.807) is 12.1 Å². The molecule has 6 unspecified atom stereocenters. The molecule has 1 spiro atoms. The molecule has 1 heteroatoms. The van der Waals surface area contributed by atoms with Gasteiger partial charge in [0.15, 0.2) is 0 Å². The Morgan fingerprint density at radius 3 is 1.94 bits per heavy atom. The average molecular weight is 469 g/mol. The van der Waals surface area contributed by atoms with Crippen molar-refractivity contribution in [2.24, 2.45) is 51.2 Å². The van der Waals surface area contributed by atoms with Crippen LogP contribution in [-0.2, 0) is 6.42 Å². The first-order valence-corrected chi connectivity index (χ1v) is 14.5. The molecule has 192 valence electrons. The van der Waals surface area contributed by atoms with E-state index in [0.29, 0.717) is 16.2 Å². The third-order valence-electron chi connectivity index (χ3n) is 10.7. The molecule has 34 heavy (non-hydrogen) atoms. The van der Waals surface area contributed by atoms with E-state index in [0.717, 1.165) is 36.0 Å². The lowest BCUT2D eigenvalue weighted by molar-refractivity contribution is -0.103. The SMILES string of the molecule is CC(C)(Cc1ccc(F)cc1)CC1C(C2CCCCC2C(C)(C)C)CCC12CCC2C(C)(C)C. The summed E-state index contributed by atoms with van der Waals surface area (Å²) in [6, 6.07) is 7.31. The largest absolute Gasteiger partial charge is 0.207 e. The molecule has 4 rings (SSSR count). The summed E-state index contributed by atoms with van der Waals surface area (Å²) in [5.74, 6) is 4.26. The van der Waals surface area contributed by atoms with Crippen LogP contribution in [0.25, 0.3) is 0 Å². The van der Waals surface area contributed by atoms with Gasteiger partial charge in [0.05, 0.1) is 0 Å². The predicted molar refractivity (Wildman–Crippen MR) is 144 cm³/mol. The molecule has 3 aliphatic rings. The van der Waals surface area contributed by atoms with E-state index in [2.05, 4.69) is 55.4 Å². The monoisotopic (exact) mass is 468 g/mol. The van der Waals surface area contributed by atoms with Gasteiger partial charge in [-0.1, -0.05) is 80.4 Å². The Hall–Kier alpha value is -0.850. The second-order valence-electron chi connectivity index (χ2n) is 15.6. The molecule has 0 saturated heterocycles. The van der Waals surface area contributed by atoms with Crippen molar-refractivity contribution >= 4 is 0 Å². The van der Waals surface area contributed by atoms with Gasteiger partial charge >= 0.3 is 0 Å². The standard InChI is InChI=1S/C33H53F/c1-30(2,3)27-12-10-9-11-25(27)26-17-19-33(20-18-29(33)31(4,5)6)28(26)22-32(7,8)21-23-13-15-24(34)16-14-23/h13-16,25-29H,9-12,17-22H2,1-8H3. The summed E-state index contributed by atoms with van der Waals surface area (Å²) in [6.07, 6.45) is 14.0. The summed E-state index contributed by atoms with van der Waals surface area (Å²) in [4.78, 5) is 0. The summed E-state index contributed by atoms with van der Waals surface area (Å²) in [7, 11) is 0. The second-order valence-corrected chi connectivity index (χ2v) is 15.6. The predicted octanol–water partition coefficient (Wildman–Crippen LogP) is 10.1. The molecule has 6 atom stereocenters. The zero-order chi connectivity index (χ0) is 24.9. The fraction of sp³-hybridized carbons (Fsp3) is 0.818. The number of hydrogen-bond acceptors (Lipinski definition) is 0. The normalized spacial score (nSPS) is 34.9. The Balaban J connectivity index is 1.64. The Bertz CT molecular complexity index is 820. The zero-order valence-electron chi connectivity index (χ0n) is 23.6. The van der Waals surface area contributed by atoms with Crippen LogP contribution in [0, 0.1) is 57.1 Å². The van der Waals surface area contributed by atoms with Gasteiger partial charge in [-0.3, -0.25) is 0 Å². The van der Waals surface area contributed by atoms with Crippen molar-refractivity contribution in [2.75, 3.05) is 0 Å². The first kappa shape index (κ1) is 26.2. The van der Waals surface area contributed by atoms with Crippen molar-refractivity contribution in [3.63, 3.8) is 0 Å². The maximum Gasteiger partial charge on any atom is 0.123 e. The van der Waals surface area contributed by atoms with E-state index in [1.165, 1.54) is 63.4 Å². The minimum absolute atomic E-state index is 0.121. The van der Waals surface area contributed by atoms with E-state index in [-0.39, 0.29) is 11.2 Å². The Morgan fingerprint density at radius 2 is 1.38 bits per heavy atom. The number of benzene rings is 1. The molecule has 0 heterocycles. The molecule has 3 saturated carbocycles. The lowest BCUT2D eigenvalue weighted by Gasteiger charge is -2.59. The fourth-order valence-corrected chi connectivity index (χ4v) is 9.38. The molecular weight excluding hydrogens is 415 g/mol. The van der Waals surface area contributed by atoms with Gasteiger partial charge in [-0.05, 0) is 120 Å². The number of rotatable bonds is 5. The Morgan fingerprint density at radius 1 is 0.765 bits per heavy atom. The van der Waals surface area contributed by atoms with E-state index < -0.39 is 0 Å². The van der Waals surface area contributed by atoms with Crippen molar-refractivity contribution in [1.82, 2.24) is 0 Å². The third-order valence-corrected chi connectivity index (χ3v) is 10.7. The van der Waals surface area contributed by atoms with Crippen LogP contribution in [0.4, 0.5) is 4.39 Å². The minimum Gasteiger partial charge on any atom is -0.207 e. The van der Waals surface area contributed by atoms with Crippen LogP contribution in [0.15, 0.2) is 24.3 Å². The lowest BCUT2D eigenvalue weighted by Crippen LogP contribution is -2.52. The quantitative estimate of drug-likeness (QED) is 0.403. The highest BCUT2D eigenvalue weighted by molar-refractivity contribution is 5.18. The summed E-state index contributed by atoms with van der Waals surface area (Å²) in [5, 5.41) is 0. The van der Waals surface area contributed by atoms with Gasteiger partial charge in [-0.15, -0.1) is 0 Å². The second kappa shape index (κ2) is 9.23. The van der Waals surface area contributed by atoms with Gasteiger partial charge in [0.2, 0.25) is 0 Å². The summed E-state index contributed by atoms with van der Waals surface area (Å²) >= 11 is 0. The molecule has 0 aromatic heterocycles. The van der Waals surface area contributed by atoms with Gasteiger partial charge in [-0.2, -0.15) is 0 Å². The minimum atomic E-state index is -0.121. The van der Waals surface area contributed by atoms with Crippen molar-refractivity contribution in [2.45, 2.75) is 120 Å². The van der Waals surface area contributed by atoms with Crippen molar-refractivity contribution in [3.05, 3.63) is 35.6 Å². The summed E-state index contributed by atoms with van der Waals surface area (Å²) in [5.41, 5.74) is 2.91. The fourth-order valence-electron chi connectivity index (χ4n) is 9.38. The highest BCUT2D eigenvalue weighted by atomic mass is 19.1. The van der Waals surface area contributed by atoms with Crippen molar-refractivity contribution in [1.29, 1.82) is 0 Å². The van der Waals surface area contributed by atoms with Crippen molar-refractivity contribution < 1.29 is 4.39 Å². The molecule has 0 N–H and O–H groups in total. The molecule has 0 radical (unpaired) electrons. The van der Waals surface area contributed by atoms with E-state index >= 15 is 0 Å². The van der Waals surface area contributed by atoms with Gasteiger partial charge in [0, 0.05) is 0 Å². The first-order valence-electron chi connectivity index (χ1n) is 14.5. The average Bonchev–Trinajstić information content (AvgIpc) is 3.07. The lowest BCUT2D eigenvalue weighted by atomic mass is 9.45. The molecule has 1 aromatic rings. The summed E-state index contributed by atoms with van der Waals surface area (Å²) in [6.45, 7) is 20.0. The maximum atomic E-state index is 13.5. The topological polar surface area (TPSA) is 0 Å². The molecule has 1 aromatic carbocycles. The Kier molecular flexibility index (Phi) is 7.11. The molecule has 0 aliphatic heterocycles. The summed E-state index contributed by atoms with van der Waals surface area (Å²) < 4.78 is 13.5. The van der Waals surface area contributed by atoms with Crippen LogP contribution in [0.3, 0.4) is 0 Å². The van der Waals surface area contributed by atoms with Crippen LogP contribution < -0.4 is 0 Å². The first-order chi connectivity index (χ1) is 15.7. The van der Waals surface area contributed by atoms with Gasteiger partial charge < -0.3 is 0 Å². The Labute approximate surface area is 210 Å². The molecule has 3 fully saturated rings. The molecule has 0 amide bonds. The van der Waals surface area contributed by atoms with Gasteiger partial charge in [-0.25, -0.2) is 4.39 Å². The third kappa shape index (κ3) is 5.15. The highest BCUT2D eigenvalue weighted by Gasteiger charge is 2.62. The van der Waals surface area contributed by atoms with Crippen LogP contribution in [0.5, 0.6) is 0 Å². The van der Waals surface area contributed by atoms with E-state index in [1.807, 2.05) is 12.1 Å². The van der Waals surface area contributed by atoms with Gasteiger partial charge in [0.1, 0.15) is 5.82 Å². The molecule has 3 aliphatic carbocycles. The highest BCUT2D eigenvalue weighted by Crippen LogP contribution is 2.70. The zero-order valence-corrected chi connectivity index (χ0v) is 23.6. The smallest absolute Gasteiger partial charge is 0.123 e. The van der Waals surface area contributed by atoms with Crippen molar-refractivity contribution in [3.8, 4) is 0 Å². The maximum absolute atomic E-state index is 13.5.